The van der Waals surface area contributed by atoms with Gasteiger partial charge < -0.3 is 24.3 Å². The summed E-state index contributed by atoms with van der Waals surface area (Å²) in [6.07, 6.45) is 0. The smallest absolute Gasteiger partial charge is 0.270 e. The Labute approximate surface area is 187 Å². The number of nitro groups is 1. The molecule has 0 N–H and O–H groups in total. The molecule has 0 radical (unpaired) electrons. The van der Waals surface area contributed by atoms with E-state index in [2.05, 4.69) is 21.7 Å². The summed E-state index contributed by atoms with van der Waals surface area (Å²) in [6.45, 7) is 5.91. The Balaban J connectivity index is 1.50. The molecule has 4 rings (SSSR count). The molecule has 1 amide bonds. The number of non-ortho nitro benzene ring substituents is 1. The van der Waals surface area contributed by atoms with E-state index in [9.17, 15) is 14.9 Å². The fraction of sp³-hybridized carbons (Fsp3) is 0.435. The molecule has 0 unspecified atom stereocenters. The van der Waals surface area contributed by atoms with Crippen LogP contribution in [0.5, 0.6) is 5.75 Å². The van der Waals surface area contributed by atoms with Crippen LogP contribution in [0.15, 0.2) is 42.5 Å². The minimum Gasteiger partial charge on any atom is -0.497 e. The molecular formula is C23H29N5O4. The summed E-state index contributed by atoms with van der Waals surface area (Å²) in [6, 6.07) is 12.5. The molecule has 9 heteroatoms. The van der Waals surface area contributed by atoms with E-state index in [1.165, 1.54) is 12.1 Å². The van der Waals surface area contributed by atoms with Gasteiger partial charge in [0.2, 0.25) is 0 Å². The van der Waals surface area contributed by atoms with Crippen LogP contribution >= 0.6 is 0 Å². The zero-order chi connectivity index (χ0) is 22.7. The van der Waals surface area contributed by atoms with Crippen LogP contribution in [0.25, 0.3) is 0 Å². The number of methoxy groups -OCH3 is 1. The molecular weight excluding hydrogens is 410 g/mol. The number of rotatable bonds is 5. The fourth-order valence-electron chi connectivity index (χ4n) is 4.26. The van der Waals surface area contributed by atoms with E-state index in [0.717, 1.165) is 43.3 Å². The molecule has 2 heterocycles. The Morgan fingerprint density at radius 2 is 1.53 bits per heavy atom. The van der Waals surface area contributed by atoms with E-state index in [1.54, 1.807) is 18.1 Å². The number of carbonyl (C=O) groups excluding carboxylic acids is 1. The lowest BCUT2D eigenvalue weighted by Crippen LogP contribution is -2.49. The average Bonchev–Trinajstić information content (AvgIpc) is 2.84. The van der Waals surface area contributed by atoms with Crippen molar-refractivity contribution in [1.29, 1.82) is 0 Å². The van der Waals surface area contributed by atoms with E-state index in [1.807, 2.05) is 24.3 Å². The number of hydrogen-bond donors (Lipinski definition) is 0. The van der Waals surface area contributed by atoms with Crippen LogP contribution in [-0.2, 0) is 0 Å². The summed E-state index contributed by atoms with van der Waals surface area (Å²) in [5.74, 6) is 0.668. The maximum atomic E-state index is 13.5. The first kappa shape index (κ1) is 21.9. The highest BCUT2D eigenvalue weighted by Gasteiger charge is 2.28. The van der Waals surface area contributed by atoms with Gasteiger partial charge in [0.25, 0.3) is 11.6 Å². The number of nitrogens with zero attached hydrogens (tertiary/aromatic N) is 5. The minimum atomic E-state index is -0.438. The van der Waals surface area contributed by atoms with Crippen LogP contribution in [0.4, 0.5) is 17.1 Å². The van der Waals surface area contributed by atoms with Gasteiger partial charge in [-0.3, -0.25) is 14.9 Å². The third-order valence-electron chi connectivity index (χ3n) is 6.27. The van der Waals surface area contributed by atoms with Gasteiger partial charge >= 0.3 is 0 Å². The van der Waals surface area contributed by atoms with E-state index in [4.69, 9.17) is 4.74 Å². The number of anilines is 2. The van der Waals surface area contributed by atoms with Crippen LogP contribution in [-0.4, -0.2) is 87.1 Å². The van der Waals surface area contributed by atoms with Crippen molar-refractivity contribution in [3.63, 3.8) is 0 Å². The predicted molar refractivity (Wildman–Crippen MR) is 124 cm³/mol. The van der Waals surface area contributed by atoms with Crippen molar-refractivity contribution in [2.45, 2.75) is 0 Å². The molecule has 2 aliphatic heterocycles. The largest absolute Gasteiger partial charge is 0.497 e. The summed E-state index contributed by atoms with van der Waals surface area (Å²) in [5.41, 5.74) is 2.24. The highest BCUT2D eigenvalue weighted by atomic mass is 16.6. The van der Waals surface area contributed by atoms with Gasteiger partial charge in [0.15, 0.2) is 0 Å². The number of amides is 1. The zero-order valence-electron chi connectivity index (χ0n) is 18.6. The molecule has 0 atom stereocenters. The first-order valence-corrected chi connectivity index (χ1v) is 10.9. The second kappa shape index (κ2) is 9.44. The van der Waals surface area contributed by atoms with Gasteiger partial charge in [0, 0.05) is 70.2 Å². The van der Waals surface area contributed by atoms with Gasteiger partial charge in [-0.2, -0.15) is 0 Å². The van der Waals surface area contributed by atoms with E-state index < -0.39 is 4.92 Å². The molecule has 2 aromatic carbocycles. The second-order valence-corrected chi connectivity index (χ2v) is 8.23. The highest BCUT2D eigenvalue weighted by Crippen LogP contribution is 2.29. The molecule has 32 heavy (non-hydrogen) atoms. The van der Waals surface area contributed by atoms with Crippen molar-refractivity contribution in [3.05, 3.63) is 58.1 Å². The number of benzene rings is 2. The second-order valence-electron chi connectivity index (χ2n) is 8.23. The number of carbonyl (C=O) groups is 1. The minimum absolute atomic E-state index is 0.0527. The van der Waals surface area contributed by atoms with Gasteiger partial charge in [-0.25, -0.2) is 0 Å². The number of likely N-dealkylation sites (N-methyl/N-ethyl adjacent to an activating group) is 1. The number of ether oxygens (including phenoxy) is 1. The van der Waals surface area contributed by atoms with Crippen LogP contribution in [0, 0.1) is 10.1 Å². The Morgan fingerprint density at radius 1 is 0.906 bits per heavy atom. The summed E-state index contributed by atoms with van der Waals surface area (Å²) in [7, 11) is 3.71. The first-order valence-electron chi connectivity index (χ1n) is 10.9. The highest BCUT2D eigenvalue weighted by molar-refractivity contribution is 6.00. The molecule has 9 nitrogen and oxygen atoms in total. The number of hydrogen-bond acceptors (Lipinski definition) is 7. The van der Waals surface area contributed by atoms with Crippen molar-refractivity contribution in [2.24, 2.45) is 0 Å². The lowest BCUT2D eigenvalue weighted by Gasteiger charge is -2.38. The number of nitro benzene ring substituents is 1. The number of piperazine rings is 2. The average molecular weight is 440 g/mol. The predicted octanol–water partition coefficient (Wildman–Crippen LogP) is 2.32. The maximum Gasteiger partial charge on any atom is 0.270 e. The molecule has 0 aliphatic carbocycles. The Kier molecular flexibility index (Phi) is 6.45. The maximum absolute atomic E-state index is 13.5. The third kappa shape index (κ3) is 4.62. The normalized spacial score (nSPS) is 17.4. The van der Waals surface area contributed by atoms with Crippen LogP contribution in [0.3, 0.4) is 0 Å². The molecule has 0 spiro atoms. The zero-order valence-corrected chi connectivity index (χ0v) is 18.6. The summed E-state index contributed by atoms with van der Waals surface area (Å²) < 4.78 is 5.22. The Morgan fingerprint density at radius 3 is 2.12 bits per heavy atom. The standard InChI is InChI=1S/C23H29N5O4/c1-24-9-11-26(12-10-24)22-8-5-19(28(30)31)17-21(22)23(29)27-15-13-25(14-16-27)18-3-6-20(32-2)7-4-18/h3-8,17H,9-16H2,1-2H3. The van der Waals surface area contributed by atoms with Crippen molar-refractivity contribution in [3.8, 4) is 5.75 Å². The third-order valence-corrected chi connectivity index (χ3v) is 6.27. The lowest BCUT2D eigenvalue weighted by molar-refractivity contribution is -0.384. The molecule has 2 saturated heterocycles. The molecule has 0 aromatic heterocycles. The van der Waals surface area contributed by atoms with Gasteiger partial charge in [-0.05, 0) is 37.4 Å². The van der Waals surface area contributed by atoms with Gasteiger partial charge in [-0.15, -0.1) is 0 Å². The molecule has 0 bridgehead atoms. The Bertz CT molecular complexity index is 965. The monoisotopic (exact) mass is 439 g/mol. The van der Waals surface area contributed by atoms with Crippen molar-refractivity contribution in [2.75, 3.05) is 76.3 Å². The molecule has 170 valence electrons. The molecule has 2 aromatic rings. The quantitative estimate of drug-likeness (QED) is 0.522. The van der Waals surface area contributed by atoms with Crippen molar-refractivity contribution in [1.82, 2.24) is 9.80 Å². The molecule has 2 fully saturated rings. The lowest BCUT2D eigenvalue weighted by atomic mass is 10.1. The SMILES string of the molecule is COc1ccc(N2CCN(C(=O)c3cc([N+](=O)[O-])ccc3N3CCN(C)CC3)CC2)cc1. The van der Waals surface area contributed by atoms with Crippen LogP contribution in [0.1, 0.15) is 10.4 Å². The molecule has 0 saturated carbocycles. The Hall–Kier alpha value is -3.33. The molecule has 2 aliphatic rings. The summed E-state index contributed by atoms with van der Waals surface area (Å²) >= 11 is 0. The van der Waals surface area contributed by atoms with Gasteiger partial charge in [0.05, 0.1) is 23.3 Å². The summed E-state index contributed by atoms with van der Waals surface area (Å²) in [4.78, 5) is 32.8. The van der Waals surface area contributed by atoms with E-state index >= 15 is 0 Å². The van der Waals surface area contributed by atoms with E-state index in [-0.39, 0.29) is 11.6 Å². The summed E-state index contributed by atoms with van der Waals surface area (Å²) in [5, 5.41) is 11.4. The van der Waals surface area contributed by atoms with Crippen LogP contribution in [0.2, 0.25) is 0 Å². The first-order chi connectivity index (χ1) is 15.5. The van der Waals surface area contributed by atoms with Crippen molar-refractivity contribution >= 4 is 23.0 Å². The van der Waals surface area contributed by atoms with Gasteiger partial charge in [0.1, 0.15) is 5.75 Å². The van der Waals surface area contributed by atoms with Crippen molar-refractivity contribution < 1.29 is 14.5 Å². The topological polar surface area (TPSA) is 82.4 Å². The fourth-order valence-corrected chi connectivity index (χ4v) is 4.26. The van der Waals surface area contributed by atoms with Crippen LogP contribution < -0.4 is 14.5 Å². The van der Waals surface area contributed by atoms with Gasteiger partial charge in [-0.1, -0.05) is 0 Å². The van der Waals surface area contributed by atoms with E-state index in [0.29, 0.717) is 31.7 Å².